The second-order valence-electron chi connectivity index (χ2n) is 14.5. The summed E-state index contributed by atoms with van der Waals surface area (Å²) in [6, 6.07) is -1.96. The molecule has 3 rings (SSSR count). The van der Waals surface area contributed by atoms with Gasteiger partial charge in [0.1, 0.15) is 6.04 Å². The fraction of sp³-hybridized carbons (Fsp3) is 0.906. The highest BCUT2D eigenvalue weighted by molar-refractivity contribution is 7.80. The molecule has 3 fully saturated rings. The molecule has 0 spiro atoms. The van der Waals surface area contributed by atoms with Gasteiger partial charge >= 0.3 is 22.5 Å². The van der Waals surface area contributed by atoms with Gasteiger partial charge in [-0.3, -0.25) is 14.2 Å². The van der Waals surface area contributed by atoms with Gasteiger partial charge in [-0.25, -0.2) is 15.1 Å². The molecule has 3 aliphatic heterocycles. The Morgan fingerprint density at radius 3 is 2.04 bits per heavy atom. The minimum atomic E-state index is -4.91. The normalized spacial score (nSPS) is 21.9. The Labute approximate surface area is 281 Å². The van der Waals surface area contributed by atoms with E-state index in [-0.39, 0.29) is 18.9 Å². The number of urea groups is 1. The van der Waals surface area contributed by atoms with E-state index in [4.69, 9.17) is 9.39 Å². The lowest BCUT2D eigenvalue weighted by Crippen LogP contribution is -2.62. The van der Waals surface area contributed by atoms with Crippen molar-refractivity contribution in [1.82, 2.24) is 20.3 Å². The molecule has 0 radical (unpaired) electrons. The first-order valence-corrected chi connectivity index (χ1v) is 19.0. The molecule has 15 heteroatoms. The SMILES string of the molecule is CCCC[N+](CCCC)(CCCC)C(CCC)CC(C)(C)C(ONC(=O)[C@@H]1CC[C@@H]2CN1C(=O)N2OS(=O)(=O)O)C1CN(C(=O)O)C1. The summed E-state index contributed by atoms with van der Waals surface area (Å²) in [4.78, 5) is 47.0. The minimum absolute atomic E-state index is 0.0730. The Hall–Kier alpha value is -2.20. The first kappa shape index (κ1) is 39.2. The van der Waals surface area contributed by atoms with Crippen LogP contribution in [0, 0.1) is 11.3 Å². The van der Waals surface area contributed by atoms with Crippen molar-refractivity contribution in [3.8, 4) is 0 Å². The summed E-state index contributed by atoms with van der Waals surface area (Å²) in [6.45, 7) is 17.3. The standard InChI is InChI=1S/C32H59N5O9S/c1-7-11-17-37(18-12-8-2,19-13-9-3)26(14-10-4)20-32(5,6)28(24-21-34(22-24)31(40)41)45-33-29(38)27-16-15-25-23-35(27)30(39)36(25)46-47(42,43)44/h24-28H,7-23H2,1-6H3,(H2-,33,38,40,41,42,43,44)/p+1/t25-,26?,27+,28?/m1/s1. The van der Waals surface area contributed by atoms with E-state index < -0.39 is 52.0 Å². The Morgan fingerprint density at radius 1 is 0.979 bits per heavy atom. The van der Waals surface area contributed by atoms with Crippen molar-refractivity contribution in [3.63, 3.8) is 0 Å². The number of hydroxylamine groups is 3. The van der Waals surface area contributed by atoms with Gasteiger partial charge in [0, 0.05) is 32.0 Å². The van der Waals surface area contributed by atoms with E-state index in [1.165, 1.54) is 9.80 Å². The van der Waals surface area contributed by atoms with Crippen molar-refractivity contribution in [1.29, 1.82) is 0 Å². The summed E-state index contributed by atoms with van der Waals surface area (Å²) < 4.78 is 37.2. The van der Waals surface area contributed by atoms with Gasteiger partial charge < -0.3 is 19.4 Å². The Bertz CT molecular complexity index is 1140. The molecule has 3 aliphatic rings. The summed E-state index contributed by atoms with van der Waals surface area (Å²) in [5.74, 6) is -0.667. The molecule has 2 bridgehead atoms. The molecule has 0 aromatic rings. The third kappa shape index (κ3) is 9.93. The van der Waals surface area contributed by atoms with Gasteiger partial charge in [-0.15, -0.1) is 4.28 Å². The molecular formula is C32H60N5O9S+. The molecule has 4 atom stereocenters. The van der Waals surface area contributed by atoms with Crippen LogP contribution in [-0.2, 0) is 24.3 Å². The highest BCUT2D eigenvalue weighted by Crippen LogP contribution is 2.41. The maximum absolute atomic E-state index is 13.5. The second kappa shape index (κ2) is 17.0. The number of carbonyl (C=O) groups is 3. The minimum Gasteiger partial charge on any atom is -0.465 e. The summed E-state index contributed by atoms with van der Waals surface area (Å²) in [6.07, 6.45) is 8.91. The van der Waals surface area contributed by atoms with Crippen LogP contribution in [0.5, 0.6) is 0 Å². The van der Waals surface area contributed by atoms with Crippen LogP contribution >= 0.6 is 0 Å². The van der Waals surface area contributed by atoms with E-state index in [9.17, 15) is 27.9 Å². The van der Waals surface area contributed by atoms with Crippen LogP contribution in [0.1, 0.15) is 112 Å². The maximum atomic E-state index is 13.5. The second-order valence-corrected chi connectivity index (χ2v) is 15.6. The lowest BCUT2D eigenvalue weighted by molar-refractivity contribution is -0.953. The van der Waals surface area contributed by atoms with Crippen LogP contribution in [0.4, 0.5) is 9.59 Å². The van der Waals surface area contributed by atoms with E-state index in [0.29, 0.717) is 30.6 Å². The average Bonchev–Trinajstić information content (AvgIpc) is 3.20. The topological polar surface area (TPSA) is 166 Å². The third-order valence-corrected chi connectivity index (χ3v) is 10.8. The molecule has 272 valence electrons. The third-order valence-electron chi connectivity index (χ3n) is 10.5. The number of nitrogens with zero attached hydrogens (tertiary/aromatic N) is 4. The van der Waals surface area contributed by atoms with Gasteiger partial charge in [-0.1, -0.05) is 67.2 Å². The number of piperidine rings is 1. The highest BCUT2D eigenvalue weighted by atomic mass is 32.3. The molecule has 3 N–H and O–H groups in total. The highest BCUT2D eigenvalue weighted by Gasteiger charge is 2.51. The van der Waals surface area contributed by atoms with E-state index in [1.807, 2.05) is 0 Å². The summed E-state index contributed by atoms with van der Waals surface area (Å²) in [7, 11) is -4.91. The van der Waals surface area contributed by atoms with Crippen molar-refractivity contribution < 1.29 is 46.1 Å². The Morgan fingerprint density at radius 2 is 1.55 bits per heavy atom. The molecule has 0 aromatic heterocycles. The van der Waals surface area contributed by atoms with E-state index in [0.717, 1.165) is 81.9 Å². The van der Waals surface area contributed by atoms with E-state index >= 15 is 0 Å². The predicted octanol–water partition coefficient (Wildman–Crippen LogP) is 4.82. The zero-order valence-corrected chi connectivity index (χ0v) is 30.2. The predicted molar refractivity (Wildman–Crippen MR) is 176 cm³/mol. The van der Waals surface area contributed by atoms with Gasteiger partial charge in [0.2, 0.25) is 0 Å². The molecule has 3 saturated heterocycles. The Balaban J connectivity index is 1.83. The average molecular weight is 691 g/mol. The summed E-state index contributed by atoms with van der Waals surface area (Å²) in [5.41, 5.74) is 2.20. The monoisotopic (exact) mass is 690 g/mol. The molecule has 47 heavy (non-hydrogen) atoms. The molecule has 3 heterocycles. The fourth-order valence-electron chi connectivity index (χ4n) is 7.98. The number of carboxylic acid groups (broad SMARTS) is 1. The van der Waals surface area contributed by atoms with Crippen molar-refractivity contribution >= 4 is 28.4 Å². The number of hydrogen-bond acceptors (Lipinski definition) is 7. The van der Waals surface area contributed by atoms with Crippen LogP contribution in [-0.4, -0.2) is 119 Å². The molecule has 0 aliphatic carbocycles. The van der Waals surface area contributed by atoms with Crippen LogP contribution in [0.15, 0.2) is 0 Å². The molecule has 4 amide bonds. The molecule has 0 saturated carbocycles. The van der Waals surface area contributed by atoms with Gasteiger partial charge in [-0.05, 0) is 43.9 Å². The van der Waals surface area contributed by atoms with Gasteiger partial charge in [0.25, 0.3) is 5.91 Å². The first-order chi connectivity index (χ1) is 22.1. The molecule has 0 aromatic carbocycles. The smallest absolute Gasteiger partial charge is 0.418 e. The Kier molecular flexibility index (Phi) is 14.2. The largest absolute Gasteiger partial charge is 0.465 e. The summed E-state index contributed by atoms with van der Waals surface area (Å²) >= 11 is 0. The number of quaternary nitrogens is 1. The van der Waals surface area contributed by atoms with Crippen molar-refractivity contribution in [2.45, 2.75) is 136 Å². The van der Waals surface area contributed by atoms with E-state index in [1.54, 1.807) is 0 Å². The number of unbranched alkanes of at least 4 members (excludes halogenated alkanes) is 3. The number of likely N-dealkylation sites (tertiary alicyclic amines) is 1. The zero-order valence-electron chi connectivity index (χ0n) is 29.4. The number of fused-ring (bicyclic) bond motifs is 2. The van der Waals surface area contributed by atoms with Gasteiger partial charge in [0.05, 0.1) is 37.8 Å². The fourth-order valence-corrected chi connectivity index (χ4v) is 8.36. The van der Waals surface area contributed by atoms with Crippen LogP contribution < -0.4 is 5.48 Å². The lowest BCUT2D eigenvalue weighted by atomic mass is 9.71. The number of nitrogens with one attached hydrogen (secondary N) is 1. The number of rotatable bonds is 21. The van der Waals surface area contributed by atoms with E-state index in [2.05, 4.69) is 51.3 Å². The van der Waals surface area contributed by atoms with Gasteiger partial charge in [-0.2, -0.15) is 13.5 Å². The van der Waals surface area contributed by atoms with Gasteiger partial charge in [0.15, 0.2) is 0 Å². The van der Waals surface area contributed by atoms with Crippen LogP contribution in [0.2, 0.25) is 0 Å². The summed E-state index contributed by atoms with van der Waals surface area (Å²) in [5, 5.41) is 10.2. The van der Waals surface area contributed by atoms with Crippen molar-refractivity contribution in [2.75, 3.05) is 39.3 Å². The number of hydrogen-bond donors (Lipinski definition) is 3. The first-order valence-electron chi connectivity index (χ1n) is 17.7. The van der Waals surface area contributed by atoms with Crippen LogP contribution in [0.25, 0.3) is 0 Å². The van der Waals surface area contributed by atoms with Crippen molar-refractivity contribution in [3.05, 3.63) is 0 Å². The quantitative estimate of drug-likeness (QED) is 0.0870. The maximum Gasteiger partial charge on any atom is 0.418 e. The molecule has 2 unspecified atom stereocenters. The van der Waals surface area contributed by atoms with Crippen LogP contribution in [0.3, 0.4) is 0 Å². The molecule has 14 nitrogen and oxygen atoms in total. The molecular weight excluding hydrogens is 630 g/mol. The lowest BCUT2D eigenvalue weighted by Gasteiger charge is -2.51. The number of carbonyl (C=O) groups excluding carboxylic acids is 2. The number of amides is 4. The van der Waals surface area contributed by atoms with Crippen molar-refractivity contribution in [2.24, 2.45) is 11.3 Å². The zero-order chi connectivity index (χ0) is 35.0.